The fourth-order valence-electron chi connectivity index (χ4n) is 1.44. The van der Waals surface area contributed by atoms with Gasteiger partial charge in [-0.05, 0) is 25.1 Å². The second kappa shape index (κ2) is 6.09. The summed E-state index contributed by atoms with van der Waals surface area (Å²) in [5, 5.41) is 20.9. The van der Waals surface area contributed by atoms with Crippen LogP contribution in [0.25, 0.3) is 0 Å². The van der Waals surface area contributed by atoms with Crippen molar-refractivity contribution in [2.45, 2.75) is 13.0 Å². The van der Waals surface area contributed by atoms with E-state index in [-0.39, 0.29) is 10.8 Å². The van der Waals surface area contributed by atoms with Gasteiger partial charge in [-0.3, -0.25) is 10.1 Å². The van der Waals surface area contributed by atoms with Crippen molar-refractivity contribution in [2.24, 2.45) is 0 Å². The van der Waals surface area contributed by atoms with Gasteiger partial charge in [-0.1, -0.05) is 38.9 Å². The van der Waals surface area contributed by atoms with Gasteiger partial charge in [-0.25, -0.2) is 0 Å². The van der Waals surface area contributed by atoms with Crippen LogP contribution in [0.2, 0.25) is 5.02 Å². The average Bonchev–Trinajstić information content (AvgIpc) is 2.78. The highest BCUT2D eigenvalue weighted by Gasteiger charge is 2.23. The molecule has 0 aliphatic carbocycles. The molecule has 2 rings (SSSR count). The molecular weight excluding hydrogens is 370 g/mol. The zero-order valence-corrected chi connectivity index (χ0v) is 13.3. The summed E-state index contributed by atoms with van der Waals surface area (Å²) in [6.07, 6.45) is -0.797. The second-order valence-electron chi connectivity index (χ2n) is 3.93. The summed E-state index contributed by atoms with van der Waals surface area (Å²) in [7, 11) is 0. The number of hydrogen-bond donors (Lipinski definition) is 1. The van der Waals surface area contributed by atoms with Crippen molar-refractivity contribution >= 4 is 44.6 Å². The summed E-state index contributed by atoms with van der Waals surface area (Å²) >= 11 is 10.3. The molecule has 0 aliphatic rings. The fraction of sp³-hybridized carbons (Fsp3) is 0.167. The van der Waals surface area contributed by atoms with Gasteiger partial charge in [-0.2, -0.15) is 0 Å². The zero-order chi connectivity index (χ0) is 14.9. The van der Waals surface area contributed by atoms with Gasteiger partial charge in [0.2, 0.25) is 0 Å². The number of aliphatic hydroxyl groups excluding tert-OH is 1. The van der Waals surface area contributed by atoms with Crippen molar-refractivity contribution in [1.29, 1.82) is 0 Å². The van der Waals surface area contributed by atoms with Crippen molar-refractivity contribution in [2.75, 3.05) is 0 Å². The van der Waals surface area contributed by atoms with E-state index >= 15 is 0 Å². The number of aliphatic hydroxyl groups is 1. The minimum Gasteiger partial charge on any atom is -0.438 e. The first kappa shape index (κ1) is 15.2. The molecule has 1 atom stereocenters. The highest BCUT2D eigenvalue weighted by atomic mass is 79.9. The van der Waals surface area contributed by atoms with Crippen LogP contribution in [0.3, 0.4) is 0 Å². The maximum atomic E-state index is 11.0. The molecule has 5 nitrogen and oxygen atoms in total. The summed E-state index contributed by atoms with van der Waals surface area (Å²) < 4.78 is 6.26. The van der Waals surface area contributed by atoms with Crippen LogP contribution >= 0.6 is 38.9 Å². The molecule has 0 spiro atoms. The Hall–Kier alpha value is -1.15. The van der Waals surface area contributed by atoms with Crippen LogP contribution in [0.5, 0.6) is 10.8 Å². The van der Waals surface area contributed by atoms with Crippen LogP contribution in [0.4, 0.5) is 5.69 Å². The van der Waals surface area contributed by atoms with Gasteiger partial charge < -0.3 is 9.84 Å². The SMILES string of the molecule is C[C@H](O)c1cc([N+](=O)[O-])c(Oc2cc(Br)ccc2Cl)s1. The van der Waals surface area contributed by atoms with Crippen molar-refractivity contribution in [1.82, 2.24) is 0 Å². The van der Waals surface area contributed by atoms with E-state index in [1.165, 1.54) is 13.0 Å². The molecule has 20 heavy (non-hydrogen) atoms. The standard InChI is InChI=1S/C12H9BrClNO4S/c1-6(16)11-5-9(15(17)18)12(20-11)19-10-4-7(13)2-3-8(10)14/h2-6,16H,1H3/t6-/m0/s1. The Morgan fingerprint density at radius 3 is 2.80 bits per heavy atom. The van der Waals surface area contributed by atoms with Gasteiger partial charge in [0.25, 0.3) is 5.06 Å². The number of rotatable bonds is 4. The smallest absolute Gasteiger partial charge is 0.323 e. The first-order valence-electron chi connectivity index (χ1n) is 5.47. The van der Waals surface area contributed by atoms with Crippen molar-refractivity contribution in [3.63, 3.8) is 0 Å². The number of hydrogen-bond acceptors (Lipinski definition) is 5. The lowest BCUT2D eigenvalue weighted by Crippen LogP contribution is -1.90. The van der Waals surface area contributed by atoms with Crippen molar-refractivity contribution in [3.8, 4) is 10.8 Å². The molecule has 1 N–H and O–H groups in total. The first-order chi connectivity index (χ1) is 9.38. The molecule has 0 amide bonds. The molecule has 0 bridgehead atoms. The van der Waals surface area contributed by atoms with E-state index in [1.54, 1.807) is 18.2 Å². The summed E-state index contributed by atoms with van der Waals surface area (Å²) in [5.74, 6) is 0.308. The number of halogens is 2. The van der Waals surface area contributed by atoms with E-state index in [4.69, 9.17) is 16.3 Å². The number of ether oxygens (including phenoxy) is 1. The summed E-state index contributed by atoms with van der Waals surface area (Å²) in [6, 6.07) is 6.28. The Balaban J connectivity index is 2.42. The van der Waals surface area contributed by atoms with Gasteiger partial charge in [0.1, 0.15) is 5.75 Å². The van der Waals surface area contributed by atoms with Crippen molar-refractivity contribution in [3.05, 3.63) is 48.8 Å². The Labute approximate surface area is 132 Å². The lowest BCUT2D eigenvalue weighted by molar-refractivity contribution is -0.385. The van der Waals surface area contributed by atoms with E-state index in [2.05, 4.69) is 15.9 Å². The number of nitrogens with zero attached hydrogens (tertiary/aromatic N) is 1. The molecule has 1 heterocycles. The lowest BCUT2D eigenvalue weighted by atomic mass is 10.3. The molecule has 1 aromatic carbocycles. The fourth-order valence-corrected chi connectivity index (χ4v) is 2.86. The number of thiophene rings is 1. The molecule has 1 aromatic heterocycles. The monoisotopic (exact) mass is 377 g/mol. The van der Waals surface area contributed by atoms with Crippen LogP contribution in [0.1, 0.15) is 17.9 Å². The molecule has 0 unspecified atom stereocenters. The molecule has 106 valence electrons. The number of nitro groups is 1. The van der Waals surface area contributed by atoms with Crippen LogP contribution in [0.15, 0.2) is 28.7 Å². The van der Waals surface area contributed by atoms with Gasteiger partial charge in [0.05, 0.1) is 16.0 Å². The number of benzene rings is 1. The normalized spacial score (nSPS) is 12.2. The summed E-state index contributed by atoms with van der Waals surface area (Å²) in [5.41, 5.74) is -0.193. The van der Waals surface area contributed by atoms with Gasteiger partial charge in [0.15, 0.2) is 0 Å². The molecule has 0 fully saturated rings. The minimum atomic E-state index is -0.797. The molecule has 0 radical (unpaired) electrons. The molecule has 2 aromatic rings. The van der Waals surface area contributed by atoms with Crippen molar-refractivity contribution < 1.29 is 14.8 Å². The van der Waals surface area contributed by atoms with Gasteiger partial charge in [0, 0.05) is 15.4 Å². The predicted molar refractivity (Wildman–Crippen MR) is 80.8 cm³/mol. The second-order valence-corrected chi connectivity index (χ2v) is 6.30. The highest BCUT2D eigenvalue weighted by molar-refractivity contribution is 9.10. The van der Waals surface area contributed by atoms with Crippen LogP contribution < -0.4 is 4.74 Å². The maximum Gasteiger partial charge on any atom is 0.323 e. The Morgan fingerprint density at radius 1 is 1.50 bits per heavy atom. The van der Waals surface area contributed by atoms with E-state index in [0.29, 0.717) is 15.6 Å². The average molecular weight is 379 g/mol. The third-order valence-corrected chi connectivity index (χ3v) is 4.38. The molecule has 8 heteroatoms. The van der Waals surface area contributed by atoms with Gasteiger partial charge >= 0.3 is 5.69 Å². The quantitative estimate of drug-likeness (QED) is 0.605. The molecule has 0 saturated carbocycles. The lowest BCUT2D eigenvalue weighted by Gasteiger charge is -2.05. The minimum absolute atomic E-state index is 0.0888. The third-order valence-electron chi connectivity index (χ3n) is 2.40. The van der Waals surface area contributed by atoms with E-state index in [9.17, 15) is 15.2 Å². The maximum absolute atomic E-state index is 11.0. The van der Waals surface area contributed by atoms with E-state index in [1.807, 2.05) is 0 Å². The largest absolute Gasteiger partial charge is 0.438 e. The molecule has 0 saturated heterocycles. The van der Waals surface area contributed by atoms with E-state index < -0.39 is 11.0 Å². The third kappa shape index (κ3) is 3.29. The van der Waals surface area contributed by atoms with E-state index in [0.717, 1.165) is 15.8 Å². The predicted octanol–water partition coefficient (Wildman–Crippen LogP) is 4.92. The summed E-state index contributed by atoms with van der Waals surface area (Å²) in [4.78, 5) is 10.9. The van der Waals surface area contributed by atoms with Crippen LogP contribution in [0, 0.1) is 10.1 Å². The highest BCUT2D eigenvalue weighted by Crippen LogP contribution is 2.43. The Bertz CT molecular complexity index is 659. The Kier molecular flexibility index (Phi) is 4.64. The van der Waals surface area contributed by atoms with Crippen LogP contribution in [-0.2, 0) is 0 Å². The Morgan fingerprint density at radius 2 is 2.20 bits per heavy atom. The topological polar surface area (TPSA) is 72.6 Å². The first-order valence-corrected chi connectivity index (χ1v) is 7.46. The van der Waals surface area contributed by atoms with Crippen LogP contribution in [-0.4, -0.2) is 10.0 Å². The zero-order valence-electron chi connectivity index (χ0n) is 10.2. The summed E-state index contributed by atoms with van der Waals surface area (Å²) in [6.45, 7) is 1.53. The molecular formula is C12H9BrClNO4S. The van der Waals surface area contributed by atoms with Gasteiger partial charge in [-0.15, -0.1) is 0 Å². The molecule has 0 aliphatic heterocycles.